The molecule has 2 aromatic heterocycles. The second-order valence-corrected chi connectivity index (χ2v) is 6.38. The molecule has 1 saturated heterocycles. The molecule has 1 unspecified atom stereocenters. The number of halogens is 1. The molecule has 1 N–H and O–H groups in total. The molecule has 1 fully saturated rings. The van der Waals surface area contributed by atoms with Crippen LogP contribution in [0.15, 0.2) is 35.1 Å². The maximum Gasteiger partial charge on any atom is 0.226 e. The third-order valence-corrected chi connectivity index (χ3v) is 4.24. The molecule has 0 saturated carbocycles. The summed E-state index contributed by atoms with van der Waals surface area (Å²) in [6.45, 7) is 1.90. The molecular weight excluding hydrogens is 344 g/mol. The molecule has 0 radical (unpaired) electrons. The van der Waals surface area contributed by atoms with Crippen molar-refractivity contribution in [3.8, 4) is 0 Å². The average Bonchev–Trinajstić information content (AvgIpc) is 2.96. The van der Waals surface area contributed by atoms with E-state index in [0.29, 0.717) is 12.0 Å². The molecule has 3 heterocycles. The van der Waals surface area contributed by atoms with E-state index in [1.54, 1.807) is 6.20 Å². The van der Waals surface area contributed by atoms with Crippen LogP contribution in [0.4, 0.5) is 17.6 Å². The van der Waals surface area contributed by atoms with E-state index in [1.165, 1.54) is 0 Å². The fraction of sp³-hybridized carbons (Fsp3) is 0.400. The number of rotatable bonds is 4. The number of nitrogens with zero attached hydrogens (tertiary/aromatic N) is 5. The van der Waals surface area contributed by atoms with Crippen LogP contribution >= 0.6 is 15.9 Å². The van der Waals surface area contributed by atoms with Crippen molar-refractivity contribution >= 4 is 33.5 Å². The summed E-state index contributed by atoms with van der Waals surface area (Å²) >= 11 is 3.57. The Morgan fingerprint density at radius 1 is 1.27 bits per heavy atom. The summed E-state index contributed by atoms with van der Waals surface area (Å²) in [5.74, 6) is 2.58. The monoisotopic (exact) mass is 362 g/mol. The van der Waals surface area contributed by atoms with Crippen molar-refractivity contribution < 1.29 is 0 Å². The number of hydrogen-bond acceptors (Lipinski definition) is 6. The largest absolute Gasteiger partial charge is 0.365 e. The first-order valence-corrected chi connectivity index (χ1v) is 8.05. The molecule has 1 aliphatic rings. The predicted molar refractivity (Wildman–Crippen MR) is 92.5 cm³/mol. The third-order valence-electron chi connectivity index (χ3n) is 3.62. The van der Waals surface area contributed by atoms with Crippen LogP contribution in [0.1, 0.15) is 6.42 Å². The molecule has 3 rings (SSSR count). The van der Waals surface area contributed by atoms with Crippen LogP contribution in [-0.2, 0) is 0 Å². The highest BCUT2D eigenvalue weighted by Gasteiger charge is 2.24. The maximum absolute atomic E-state index is 4.51. The summed E-state index contributed by atoms with van der Waals surface area (Å²) in [6.07, 6.45) is 4.67. The molecule has 0 amide bonds. The van der Waals surface area contributed by atoms with Gasteiger partial charge in [0.15, 0.2) is 0 Å². The number of nitrogens with one attached hydrogen (secondary N) is 1. The van der Waals surface area contributed by atoms with Crippen molar-refractivity contribution in [3.63, 3.8) is 0 Å². The van der Waals surface area contributed by atoms with Gasteiger partial charge in [0.25, 0.3) is 0 Å². The molecule has 2 aromatic rings. The molecule has 116 valence electrons. The standard InChI is InChI=1S/C15H19BrN6/c1-21(2)15-18-8-5-13(20-15)19-11-6-9-22(10-11)14-12(16)4-3-7-17-14/h3-5,7-8,11H,6,9-10H2,1-2H3,(H,18,19,20). The zero-order chi connectivity index (χ0) is 15.5. The first-order valence-electron chi connectivity index (χ1n) is 7.26. The topological polar surface area (TPSA) is 57.2 Å². The molecule has 6 nitrogen and oxygen atoms in total. The van der Waals surface area contributed by atoms with Crippen LogP contribution in [0.25, 0.3) is 0 Å². The molecule has 0 aromatic carbocycles. The van der Waals surface area contributed by atoms with Gasteiger partial charge in [0, 0.05) is 45.6 Å². The smallest absolute Gasteiger partial charge is 0.226 e. The van der Waals surface area contributed by atoms with E-state index in [4.69, 9.17) is 0 Å². The Labute approximate surface area is 138 Å². The number of anilines is 3. The molecule has 0 bridgehead atoms. The van der Waals surface area contributed by atoms with E-state index in [-0.39, 0.29) is 0 Å². The van der Waals surface area contributed by atoms with Gasteiger partial charge < -0.3 is 15.1 Å². The number of pyridine rings is 1. The summed E-state index contributed by atoms with van der Waals surface area (Å²) in [5, 5.41) is 3.49. The van der Waals surface area contributed by atoms with Crippen molar-refractivity contribution in [2.45, 2.75) is 12.5 Å². The maximum atomic E-state index is 4.51. The van der Waals surface area contributed by atoms with Gasteiger partial charge in [0.05, 0.1) is 4.47 Å². The lowest BCUT2D eigenvalue weighted by Gasteiger charge is -2.19. The lowest BCUT2D eigenvalue weighted by atomic mass is 10.2. The highest BCUT2D eigenvalue weighted by Crippen LogP contribution is 2.27. The highest BCUT2D eigenvalue weighted by atomic mass is 79.9. The van der Waals surface area contributed by atoms with E-state index < -0.39 is 0 Å². The molecule has 0 aliphatic carbocycles. The van der Waals surface area contributed by atoms with Crippen molar-refractivity contribution in [3.05, 3.63) is 35.1 Å². The minimum absolute atomic E-state index is 0.360. The molecular formula is C15H19BrN6. The van der Waals surface area contributed by atoms with Crippen LogP contribution < -0.4 is 15.1 Å². The lowest BCUT2D eigenvalue weighted by molar-refractivity contribution is 0.797. The van der Waals surface area contributed by atoms with Crippen molar-refractivity contribution in [1.82, 2.24) is 15.0 Å². The fourth-order valence-corrected chi connectivity index (χ4v) is 3.04. The van der Waals surface area contributed by atoms with Gasteiger partial charge in [-0.3, -0.25) is 0 Å². The third kappa shape index (κ3) is 3.30. The molecule has 22 heavy (non-hydrogen) atoms. The molecule has 7 heteroatoms. The lowest BCUT2D eigenvalue weighted by Crippen LogP contribution is -2.27. The van der Waals surface area contributed by atoms with E-state index >= 15 is 0 Å². The summed E-state index contributed by atoms with van der Waals surface area (Å²) in [7, 11) is 3.88. The number of aromatic nitrogens is 3. The van der Waals surface area contributed by atoms with Gasteiger partial charge in [-0.2, -0.15) is 4.98 Å². The number of hydrogen-bond donors (Lipinski definition) is 1. The van der Waals surface area contributed by atoms with Gasteiger partial charge in [0.2, 0.25) is 5.95 Å². The van der Waals surface area contributed by atoms with Crippen LogP contribution in [-0.4, -0.2) is 48.2 Å². The van der Waals surface area contributed by atoms with Gasteiger partial charge in [-0.1, -0.05) is 0 Å². The summed E-state index contributed by atoms with van der Waals surface area (Å²) in [4.78, 5) is 17.4. The Balaban J connectivity index is 1.66. The predicted octanol–water partition coefficient (Wildman–Crippen LogP) is 2.39. The van der Waals surface area contributed by atoms with Gasteiger partial charge in [-0.05, 0) is 40.5 Å². The van der Waals surface area contributed by atoms with E-state index in [9.17, 15) is 0 Å². The molecule has 1 aliphatic heterocycles. The van der Waals surface area contributed by atoms with Crippen molar-refractivity contribution in [2.75, 3.05) is 42.3 Å². The van der Waals surface area contributed by atoms with E-state index in [2.05, 4.69) is 41.1 Å². The Hall–Kier alpha value is -1.89. The van der Waals surface area contributed by atoms with E-state index in [1.807, 2.05) is 43.4 Å². The normalized spacial score (nSPS) is 17.6. The van der Waals surface area contributed by atoms with Gasteiger partial charge in [0.1, 0.15) is 11.6 Å². The van der Waals surface area contributed by atoms with E-state index in [0.717, 1.165) is 35.6 Å². The second kappa shape index (κ2) is 6.48. The Morgan fingerprint density at radius 2 is 2.14 bits per heavy atom. The first kappa shape index (κ1) is 15.0. The van der Waals surface area contributed by atoms with Crippen LogP contribution in [0.3, 0.4) is 0 Å². The van der Waals surface area contributed by atoms with Gasteiger partial charge in [-0.25, -0.2) is 9.97 Å². The average molecular weight is 363 g/mol. The minimum Gasteiger partial charge on any atom is -0.365 e. The van der Waals surface area contributed by atoms with Crippen LogP contribution in [0.5, 0.6) is 0 Å². The zero-order valence-electron chi connectivity index (χ0n) is 12.7. The highest BCUT2D eigenvalue weighted by molar-refractivity contribution is 9.10. The quantitative estimate of drug-likeness (QED) is 0.900. The Bertz CT molecular complexity index is 647. The zero-order valence-corrected chi connectivity index (χ0v) is 14.3. The van der Waals surface area contributed by atoms with Crippen LogP contribution in [0.2, 0.25) is 0 Å². The summed E-state index contributed by atoms with van der Waals surface area (Å²) < 4.78 is 1.03. The Morgan fingerprint density at radius 3 is 2.91 bits per heavy atom. The Kier molecular flexibility index (Phi) is 4.42. The molecule has 0 spiro atoms. The van der Waals surface area contributed by atoms with Crippen molar-refractivity contribution in [2.24, 2.45) is 0 Å². The minimum atomic E-state index is 0.360. The summed E-state index contributed by atoms with van der Waals surface area (Å²) in [5.41, 5.74) is 0. The molecule has 1 atom stereocenters. The first-order chi connectivity index (χ1) is 10.6. The van der Waals surface area contributed by atoms with Crippen LogP contribution in [0, 0.1) is 0 Å². The van der Waals surface area contributed by atoms with Gasteiger partial charge >= 0.3 is 0 Å². The summed E-state index contributed by atoms with van der Waals surface area (Å²) in [6, 6.07) is 6.23. The van der Waals surface area contributed by atoms with Crippen molar-refractivity contribution in [1.29, 1.82) is 0 Å². The SMILES string of the molecule is CN(C)c1nccc(NC2CCN(c3ncccc3Br)C2)n1. The second-order valence-electron chi connectivity index (χ2n) is 5.52. The fourth-order valence-electron chi connectivity index (χ4n) is 2.53. The van der Waals surface area contributed by atoms with Gasteiger partial charge in [-0.15, -0.1) is 0 Å².